The summed E-state index contributed by atoms with van der Waals surface area (Å²) in [4.78, 5) is 4.56. The van der Waals surface area contributed by atoms with Crippen LogP contribution < -0.4 is 5.32 Å². The van der Waals surface area contributed by atoms with E-state index in [0.717, 1.165) is 12.5 Å². The van der Waals surface area contributed by atoms with Crippen molar-refractivity contribution in [2.24, 2.45) is 10.9 Å². The van der Waals surface area contributed by atoms with Crippen LogP contribution in [0.15, 0.2) is 4.99 Å². The number of rotatable bonds is 2. The lowest BCUT2D eigenvalue weighted by molar-refractivity contribution is 0.641. The fourth-order valence-electron chi connectivity index (χ4n) is 1.26. The molecule has 1 N–H and O–H groups in total. The van der Waals surface area contributed by atoms with Gasteiger partial charge in [-0.1, -0.05) is 11.8 Å². The summed E-state index contributed by atoms with van der Waals surface area (Å²) in [5, 5.41) is 4.59. The summed E-state index contributed by atoms with van der Waals surface area (Å²) in [5.41, 5.74) is 0. The van der Waals surface area contributed by atoms with Gasteiger partial charge in [0.2, 0.25) is 0 Å². The van der Waals surface area contributed by atoms with Gasteiger partial charge in [-0.15, -0.1) is 0 Å². The highest BCUT2D eigenvalue weighted by Crippen LogP contribution is 2.29. The number of aliphatic imine (C=N–C) groups is 1. The van der Waals surface area contributed by atoms with E-state index in [1.165, 1.54) is 30.2 Å². The molecular formula is C9H16N2S. The Kier molecular flexibility index (Phi) is 2.59. The number of hydrogen-bond donors (Lipinski definition) is 1. The molecule has 0 aromatic heterocycles. The van der Waals surface area contributed by atoms with E-state index in [-0.39, 0.29) is 0 Å². The van der Waals surface area contributed by atoms with Crippen molar-refractivity contribution in [2.45, 2.75) is 32.2 Å². The zero-order chi connectivity index (χ0) is 8.39. The molecular weight excluding hydrogens is 168 g/mol. The third kappa shape index (κ3) is 2.41. The minimum Gasteiger partial charge on any atom is -0.362 e. The van der Waals surface area contributed by atoms with Crippen LogP contribution in [0.1, 0.15) is 26.2 Å². The van der Waals surface area contributed by atoms with Gasteiger partial charge < -0.3 is 5.32 Å². The first kappa shape index (κ1) is 8.42. The molecule has 0 aromatic rings. The van der Waals surface area contributed by atoms with E-state index in [1.54, 1.807) is 0 Å². The lowest BCUT2D eigenvalue weighted by Crippen LogP contribution is -2.35. The molecule has 2 aliphatic rings. The van der Waals surface area contributed by atoms with Gasteiger partial charge in [-0.25, -0.2) is 0 Å². The number of thioether (sulfide) groups is 1. The third-order valence-corrected chi connectivity index (χ3v) is 3.31. The molecule has 1 saturated heterocycles. The van der Waals surface area contributed by atoms with Crippen LogP contribution in [0.2, 0.25) is 0 Å². The summed E-state index contributed by atoms with van der Waals surface area (Å²) < 4.78 is 0. The fourth-order valence-corrected chi connectivity index (χ4v) is 2.38. The topological polar surface area (TPSA) is 24.4 Å². The molecule has 1 heterocycles. The maximum atomic E-state index is 4.56. The average molecular weight is 184 g/mol. The van der Waals surface area contributed by atoms with E-state index >= 15 is 0 Å². The molecule has 0 bridgehead atoms. The zero-order valence-electron chi connectivity index (χ0n) is 7.55. The van der Waals surface area contributed by atoms with Crippen molar-refractivity contribution in [1.29, 1.82) is 0 Å². The van der Waals surface area contributed by atoms with E-state index in [1.807, 2.05) is 11.8 Å². The molecule has 12 heavy (non-hydrogen) atoms. The predicted molar refractivity (Wildman–Crippen MR) is 54.7 cm³/mol. The Morgan fingerprint density at radius 3 is 3.00 bits per heavy atom. The molecule has 1 aliphatic carbocycles. The number of nitrogens with one attached hydrogen (secondary N) is 1. The van der Waals surface area contributed by atoms with Crippen LogP contribution in [-0.4, -0.2) is 23.5 Å². The van der Waals surface area contributed by atoms with E-state index < -0.39 is 0 Å². The third-order valence-electron chi connectivity index (χ3n) is 2.35. The van der Waals surface area contributed by atoms with Gasteiger partial charge in [0, 0.05) is 18.3 Å². The SMILES string of the molecule is CC1CCSC(=NCC2CC2)N1. The Morgan fingerprint density at radius 2 is 2.33 bits per heavy atom. The second-order valence-corrected chi connectivity index (χ2v) is 4.86. The molecule has 1 saturated carbocycles. The van der Waals surface area contributed by atoms with Gasteiger partial charge in [0.25, 0.3) is 0 Å². The molecule has 2 rings (SSSR count). The molecule has 2 nitrogen and oxygen atoms in total. The summed E-state index contributed by atoms with van der Waals surface area (Å²) in [5.74, 6) is 2.15. The quantitative estimate of drug-likeness (QED) is 0.708. The standard InChI is InChI=1S/C9H16N2S/c1-7-4-5-12-9(11-7)10-6-8-2-3-8/h7-8H,2-6H2,1H3,(H,10,11). The van der Waals surface area contributed by atoms with Crippen LogP contribution in [0.5, 0.6) is 0 Å². The first-order valence-corrected chi connectivity index (χ1v) is 5.77. The monoisotopic (exact) mass is 184 g/mol. The van der Waals surface area contributed by atoms with Crippen LogP contribution >= 0.6 is 11.8 Å². The first-order chi connectivity index (χ1) is 5.84. The molecule has 0 spiro atoms. The van der Waals surface area contributed by atoms with Gasteiger partial charge in [-0.2, -0.15) is 0 Å². The van der Waals surface area contributed by atoms with Gasteiger partial charge in [0.15, 0.2) is 5.17 Å². The van der Waals surface area contributed by atoms with Crippen LogP contribution in [0, 0.1) is 5.92 Å². The van der Waals surface area contributed by atoms with E-state index in [9.17, 15) is 0 Å². The molecule has 68 valence electrons. The maximum absolute atomic E-state index is 4.56. The van der Waals surface area contributed by atoms with Gasteiger partial charge in [-0.3, -0.25) is 4.99 Å². The van der Waals surface area contributed by atoms with Gasteiger partial charge in [-0.05, 0) is 32.1 Å². The maximum Gasteiger partial charge on any atom is 0.156 e. The van der Waals surface area contributed by atoms with Crippen molar-refractivity contribution in [1.82, 2.24) is 5.32 Å². The smallest absolute Gasteiger partial charge is 0.156 e. The predicted octanol–water partition coefficient (Wildman–Crippen LogP) is 1.87. The molecule has 1 unspecified atom stereocenters. The molecule has 3 heteroatoms. The van der Waals surface area contributed by atoms with Crippen molar-refractivity contribution in [2.75, 3.05) is 12.3 Å². The Bertz CT molecular complexity index is 187. The van der Waals surface area contributed by atoms with Gasteiger partial charge >= 0.3 is 0 Å². The number of nitrogens with zero attached hydrogens (tertiary/aromatic N) is 1. The van der Waals surface area contributed by atoms with Crippen molar-refractivity contribution in [3.8, 4) is 0 Å². The number of amidine groups is 1. The van der Waals surface area contributed by atoms with Crippen molar-refractivity contribution in [3.63, 3.8) is 0 Å². The summed E-state index contributed by atoms with van der Waals surface area (Å²) >= 11 is 1.88. The zero-order valence-corrected chi connectivity index (χ0v) is 8.36. The van der Waals surface area contributed by atoms with Gasteiger partial charge in [0.1, 0.15) is 0 Å². The molecule has 0 radical (unpaired) electrons. The number of hydrogen-bond acceptors (Lipinski definition) is 2. The summed E-state index contributed by atoms with van der Waals surface area (Å²) in [7, 11) is 0. The summed E-state index contributed by atoms with van der Waals surface area (Å²) in [6.45, 7) is 3.29. The Labute approximate surface area is 78.2 Å². The second-order valence-electron chi connectivity index (χ2n) is 3.77. The Hall–Kier alpha value is -0.180. The van der Waals surface area contributed by atoms with Crippen molar-refractivity contribution in [3.05, 3.63) is 0 Å². The molecule has 0 aromatic carbocycles. The largest absolute Gasteiger partial charge is 0.362 e. The molecule has 1 aliphatic heterocycles. The van der Waals surface area contributed by atoms with Crippen molar-refractivity contribution < 1.29 is 0 Å². The van der Waals surface area contributed by atoms with E-state index in [0.29, 0.717) is 6.04 Å². The summed E-state index contributed by atoms with van der Waals surface area (Å²) in [6, 6.07) is 0.629. The van der Waals surface area contributed by atoms with E-state index in [4.69, 9.17) is 0 Å². The summed E-state index contributed by atoms with van der Waals surface area (Å²) in [6.07, 6.45) is 4.07. The first-order valence-electron chi connectivity index (χ1n) is 4.78. The van der Waals surface area contributed by atoms with Crippen LogP contribution in [0.25, 0.3) is 0 Å². The van der Waals surface area contributed by atoms with E-state index in [2.05, 4.69) is 17.2 Å². The second kappa shape index (κ2) is 3.69. The van der Waals surface area contributed by atoms with Crippen LogP contribution in [0.4, 0.5) is 0 Å². The minimum absolute atomic E-state index is 0.629. The van der Waals surface area contributed by atoms with Crippen LogP contribution in [0.3, 0.4) is 0 Å². The normalized spacial score (nSPS) is 33.4. The molecule has 2 fully saturated rings. The highest BCUT2D eigenvalue weighted by molar-refractivity contribution is 8.13. The lowest BCUT2D eigenvalue weighted by atomic mass is 10.3. The Balaban J connectivity index is 1.79. The molecule has 1 atom stereocenters. The minimum atomic E-state index is 0.629. The Morgan fingerprint density at radius 1 is 1.50 bits per heavy atom. The fraction of sp³-hybridized carbons (Fsp3) is 0.889. The van der Waals surface area contributed by atoms with Crippen LogP contribution in [-0.2, 0) is 0 Å². The highest BCUT2D eigenvalue weighted by Gasteiger charge is 2.21. The van der Waals surface area contributed by atoms with Crippen molar-refractivity contribution >= 4 is 16.9 Å². The lowest BCUT2D eigenvalue weighted by Gasteiger charge is -2.21. The molecule has 0 amide bonds. The van der Waals surface area contributed by atoms with Gasteiger partial charge in [0.05, 0.1) is 0 Å². The average Bonchev–Trinajstić information content (AvgIpc) is 2.84. The highest BCUT2D eigenvalue weighted by atomic mass is 32.2.